The molecule has 4 rings (SSSR count). The first-order valence-corrected chi connectivity index (χ1v) is 10.7. The van der Waals surface area contributed by atoms with Crippen molar-refractivity contribution in [3.05, 3.63) is 0 Å². The first kappa shape index (κ1) is 16.6. The molecule has 0 unspecified atom stereocenters. The summed E-state index contributed by atoms with van der Waals surface area (Å²) in [5.74, 6) is 2.60. The highest BCUT2D eigenvalue weighted by Gasteiger charge is 2.59. The Kier molecular flexibility index (Phi) is 4.94. The summed E-state index contributed by atoms with van der Waals surface area (Å²) in [7, 11) is 0. The number of ether oxygens (including phenoxy) is 2. The molecule has 0 aromatic carbocycles. The average Bonchev–Trinajstić information content (AvgIpc) is 2.99. The molecule has 2 saturated heterocycles. The van der Waals surface area contributed by atoms with E-state index in [0.29, 0.717) is 23.1 Å². The van der Waals surface area contributed by atoms with Crippen LogP contribution in [-0.2, 0) is 9.47 Å². The van der Waals surface area contributed by atoms with Crippen LogP contribution in [0.1, 0.15) is 39.0 Å². The molecule has 4 fully saturated rings. The minimum absolute atomic E-state index is 0.371. The van der Waals surface area contributed by atoms with Gasteiger partial charge in [0.05, 0.1) is 19.3 Å². The lowest BCUT2D eigenvalue weighted by Gasteiger charge is -2.62. The van der Waals surface area contributed by atoms with Crippen LogP contribution in [-0.4, -0.2) is 73.5 Å². The van der Waals surface area contributed by atoms with Crippen molar-refractivity contribution < 1.29 is 9.47 Å². The van der Waals surface area contributed by atoms with Crippen LogP contribution in [0, 0.1) is 5.41 Å². The smallest absolute Gasteiger partial charge is 0.0661 e. The summed E-state index contributed by atoms with van der Waals surface area (Å²) in [5, 5.41) is 4.00. The molecule has 0 aromatic rings. The molecule has 2 aliphatic heterocycles. The van der Waals surface area contributed by atoms with Gasteiger partial charge in [0.1, 0.15) is 0 Å². The second-order valence-corrected chi connectivity index (χ2v) is 8.93. The zero-order chi connectivity index (χ0) is 15.8. The summed E-state index contributed by atoms with van der Waals surface area (Å²) in [6.45, 7) is 8.20. The van der Waals surface area contributed by atoms with E-state index in [0.717, 1.165) is 39.5 Å². The molecule has 0 radical (unpaired) electrons. The third-order valence-electron chi connectivity index (χ3n) is 6.88. The monoisotopic (exact) mass is 340 g/mol. The van der Waals surface area contributed by atoms with Gasteiger partial charge in [-0.3, -0.25) is 4.90 Å². The molecule has 5 heteroatoms. The Bertz CT molecular complexity index is 404. The third-order valence-corrected chi connectivity index (χ3v) is 8.11. The van der Waals surface area contributed by atoms with Gasteiger partial charge >= 0.3 is 0 Å². The minimum atomic E-state index is 0.371. The Morgan fingerprint density at radius 1 is 1.26 bits per heavy atom. The van der Waals surface area contributed by atoms with Crippen LogP contribution in [0.2, 0.25) is 0 Å². The average molecular weight is 341 g/mol. The Hall–Kier alpha value is 0.190. The molecule has 4 aliphatic rings. The first-order chi connectivity index (χ1) is 11.3. The molecule has 1 spiro atoms. The van der Waals surface area contributed by atoms with Crippen molar-refractivity contribution in [1.82, 2.24) is 10.2 Å². The molecule has 2 heterocycles. The molecule has 132 valence electrons. The van der Waals surface area contributed by atoms with Gasteiger partial charge in [0.2, 0.25) is 0 Å². The highest BCUT2D eigenvalue weighted by atomic mass is 32.2. The molecule has 0 bridgehead atoms. The predicted molar refractivity (Wildman–Crippen MR) is 95.2 cm³/mol. The van der Waals surface area contributed by atoms with E-state index in [1.54, 1.807) is 0 Å². The van der Waals surface area contributed by atoms with E-state index < -0.39 is 0 Å². The molecule has 2 aliphatic carbocycles. The summed E-state index contributed by atoms with van der Waals surface area (Å²) in [6, 6.07) is 0.691. The van der Waals surface area contributed by atoms with Crippen LogP contribution in [0.3, 0.4) is 0 Å². The fourth-order valence-electron chi connectivity index (χ4n) is 5.17. The maximum absolute atomic E-state index is 6.01. The predicted octanol–water partition coefficient (Wildman–Crippen LogP) is 2.13. The highest BCUT2D eigenvalue weighted by molar-refractivity contribution is 7.99. The van der Waals surface area contributed by atoms with Crippen molar-refractivity contribution in [2.24, 2.45) is 5.41 Å². The standard InChI is InChI=1S/C18H32N2O2S/c1-2-22-16-12-15(18(16)4-3-5-18)19-13-17(6-11-23-14-17)20-7-9-21-10-8-20/h15-16,19H,2-14H2,1H3/t15-,16+,17+/m0/s1. The lowest BCUT2D eigenvalue weighted by Crippen LogP contribution is -2.69. The summed E-state index contributed by atoms with van der Waals surface area (Å²) in [6.07, 6.45) is 7.21. The minimum Gasteiger partial charge on any atom is -0.379 e. The molecular formula is C18H32N2O2S. The fourth-order valence-corrected chi connectivity index (χ4v) is 6.65. The van der Waals surface area contributed by atoms with E-state index in [1.807, 2.05) is 0 Å². The SMILES string of the molecule is CCO[C@@H]1C[C@H](NC[C@]2(N3CCOCC3)CCSC2)C12CCC2. The van der Waals surface area contributed by atoms with E-state index in [1.165, 1.54) is 43.6 Å². The van der Waals surface area contributed by atoms with Crippen molar-refractivity contribution in [2.75, 3.05) is 51.0 Å². The maximum Gasteiger partial charge on any atom is 0.0661 e. The largest absolute Gasteiger partial charge is 0.379 e. The number of nitrogens with zero attached hydrogens (tertiary/aromatic N) is 1. The molecular weight excluding hydrogens is 308 g/mol. The zero-order valence-corrected chi connectivity index (χ0v) is 15.3. The van der Waals surface area contributed by atoms with Crippen LogP contribution in [0.4, 0.5) is 0 Å². The van der Waals surface area contributed by atoms with E-state index in [4.69, 9.17) is 9.47 Å². The van der Waals surface area contributed by atoms with Crippen molar-refractivity contribution >= 4 is 11.8 Å². The molecule has 23 heavy (non-hydrogen) atoms. The molecule has 3 atom stereocenters. The van der Waals surface area contributed by atoms with Gasteiger partial charge in [-0.1, -0.05) is 6.42 Å². The van der Waals surface area contributed by atoms with Gasteiger partial charge in [0, 0.05) is 49.0 Å². The van der Waals surface area contributed by atoms with E-state index in [2.05, 4.69) is 28.9 Å². The Morgan fingerprint density at radius 2 is 2.09 bits per heavy atom. The van der Waals surface area contributed by atoms with E-state index >= 15 is 0 Å². The topological polar surface area (TPSA) is 33.7 Å². The Balaban J connectivity index is 1.37. The number of nitrogens with one attached hydrogen (secondary N) is 1. The second kappa shape index (κ2) is 6.83. The van der Waals surface area contributed by atoms with E-state index in [-0.39, 0.29) is 0 Å². The molecule has 4 nitrogen and oxygen atoms in total. The van der Waals surface area contributed by atoms with Crippen LogP contribution in [0.25, 0.3) is 0 Å². The second-order valence-electron chi connectivity index (χ2n) is 7.83. The van der Waals surface area contributed by atoms with Crippen molar-refractivity contribution in [3.8, 4) is 0 Å². The van der Waals surface area contributed by atoms with Gasteiger partial charge in [0.15, 0.2) is 0 Å². The molecule has 0 amide bonds. The van der Waals surface area contributed by atoms with Gasteiger partial charge in [0.25, 0.3) is 0 Å². The maximum atomic E-state index is 6.01. The third kappa shape index (κ3) is 2.86. The molecule has 1 N–H and O–H groups in total. The lowest BCUT2D eigenvalue weighted by atomic mass is 9.51. The summed E-state index contributed by atoms with van der Waals surface area (Å²) >= 11 is 2.13. The van der Waals surface area contributed by atoms with Crippen LogP contribution < -0.4 is 5.32 Å². The fraction of sp³-hybridized carbons (Fsp3) is 1.00. The number of rotatable bonds is 6. The summed E-state index contributed by atoms with van der Waals surface area (Å²) < 4.78 is 11.6. The van der Waals surface area contributed by atoms with Gasteiger partial charge in [-0.15, -0.1) is 0 Å². The number of hydrogen-bond acceptors (Lipinski definition) is 5. The van der Waals surface area contributed by atoms with Crippen LogP contribution in [0.15, 0.2) is 0 Å². The number of hydrogen-bond donors (Lipinski definition) is 1. The molecule has 2 saturated carbocycles. The van der Waals surface area contributed by atoms with Crippen LogP contribution >= 0.6 is 11.8 Å². The Morgan fingerprint density at radius 3 is 2.70 bits per heavy atom. The van der Waals surface area contributed by atoms with E-state index in [9.17, 15) is 0 Å². The van der Waals surface area contributed by atoms with Crippen LogP contribution in [0.5, 0.6) is 0 Å². The Labute approximate surface area is 145 Å². The highest BCUT2D eigenvalue weighted by Crippen LogP contribution is 2.57. The van der Waals surface area contributed by atoms with Crippen molar-refractivity contribution in [3.63, 3.8) is 0 Å². The van der Waals surface area contributed by atoms with Gasteiger partial charge in [-0.25, -0.2) is 0 Å². The molecule has 0 aromatic heterocycles. The first-order valence-electron chi connectivity index (χ1n) is 9.55. The van der Waals surface area contributed by atoms with Crippen molar-refractivity contribution in [1.29, 1.82) is 0 Å². The van der Waals surface area contributed by atoms with Gasteiger partial charge in [-0.2, -0.15) is 11.8 Å². The zero-order valence-electron chi connectivity index (χ0n) is 14.5. The van der Waals surface area contributed by atoms with Gasteiger partial charge in [-0.05, 0) is 38.4 Å². The number of morpholine rings is 1. The van der Waals surface area contributed by atoms with Crippen molar-refractivity contribution in [2.45, 2.75) is 56.7 Å². The number of thioether (sulfide) groups is 1. The summed E-state index contributed by atoms with van der Waals surface area (Å²) in [5.41, 5.74) is 0.851. The summed E-state index contributed by atoms with van der Waals surface area (Å²) in [4.78, 5) is 2.72. The van der Waals surface area contributed by atoms with Gasteiger partial charge < -0.3 is 14.8 Å². The quantitative estimate of drug-likeness (QED) is 0.801. The lowest BCUT2D eigenvalue weighted by molar-refractivity contribution is -0.174. The normalized spacial score (nSPS) is 40.0.